The van der Waals surface area contributed by atoms with Crippen molar-refractivity contribution in [2.75, 3.05) is 13.2 Å². The summed E-state index contributed by atoms with van der Waals surface area (Å²) in [5.74, 6) is 0. The van der Waals surface area contributed by atoms with Crippen LogP contribution in [0.2, 0.25) is 0 Å². The SMILES string of the molecule is C[C@@H]1O[C@H](OCCCCCCN=[N+]=[N-])[C@@H](OCc2ccccc2)[C@H](OCc2ccccc2)[C@@H]1OCc1ccccc1. The third-order valence-corrected chi connectivity index (χ3v) is 7.08. The smallest absolute Gasteiger partial charge is 0.186 e. The van der Waals surface area contributed by atoms with Crippen molar-refractivity contribution < 1.29 is 23.7 Å². The fraction of sp³-hybridized carbons (Fsp3) is 0.455. The average molecular weight is 560 g/mol. The van der Waals surface area contributed by atoms with Crippen LogP contribution in [0.3, 0.4) is 0 Å². The molecule has 1 heterocycles. The molecule has 1 aliphatic rings. The molecule has 1 saturated heterocycles. The van der Waals surface area contributed by atoms with Crippen LogP contribution in [0.25, 0.3) is 10.4 Å². The molecular weight excluding hydrogens is 518 g/mol. The minimum Gasteiger partial charge on any atom is -0.368 e. The van der Waals surface area contributed by atoms with Gasteiger partial charge in [-0.1, -0.05) is 109 Å². The number of rotatable bonds is 17. The fourth-order valence-corrected chi connectivity index (χ4v) is 4.89. The summed E-state index contributed by atoms with van der Waals surface area (Å²) in [5, 5.41) is 3.60. The minimum absolute atomic E-state index is 0.273. The predicted molar refractivity (Wildman–Crippen MR) is 158 cm³/mol. The summed E-state index contributed by atoms with van der Waals surface area (Å²) in [7, 11) is 0. The van der Waals surface area contributed by atoms with E-state index in [1.54, 1.807) is 0 Å². The lowest BCUT2D eigenvalue weighted by Crippen LogP contribution is -2.60. The van der Waals surface area contributed by atoms with E-state index in [9.17, 15) is 0 Å². The van der Waals surface area contributed by atoms with Crippen molar-refractivity contribution in [1.82, 2.24) is 0 Å². The Labute approximate surface area is 243 Å². The largest absolute Gasteiger partial charge is 0.368 e. The highest BCUT2D eigenvalue weighted by molar-refractivity contribution is 5.15. The van der Waals surface area contributed by atoms with Gasteiger partial charge in [-0.25, -0.2) is 0 Å². The summed E-state index contributed by atoms with van der Waals surface area (Å²) in [6, 6.07) is 30.3. The molecule has 0 N–H and O–H groups in total. The molecule has 8 nitrogen and oxygen atoms in total. The van der Waals surface area contributed by atoms with Crippen molar-refractivity contribution in [2.24, 2.45) is 5.11 Å². The van der Waals surface area contributed by atoms with Crippen LogP contribution in [0.4, 0.5) is 0 Å². The maximum Gasteiger partial charge on any atom is 0.186 e. The minimum atomic E-state index is -0.603. The molecule has 41 heavy (non-hydrogen) atoms. The number of nitrogens with zero attached hydrogens (tertiary/aromatic N) is 3. The number of ether oxygens (including phenoxy) is 5. The van der Waals surface area contributed by atoms with E-state index in [4.69, 9.17) is 29.2 Å². The van der Waals surface area contributed by atoms with Gasteiger partial charge in [0.25, 0.3) is 0 Å². The lowest BCUT2D eigenvalue weighted by atomic mass is 9.98. The predicted octanol–water partition coefficient (Wildman–Crippen LogP) is 7.37. The summed E-state index contributed by atoms with van der Waals surface area (Å²) < 4.78 is 32.4. The first kappa shape index (κ1) is 30.7. The Kier molecular flexibility index (Phi) is 13.2. The molecule has 0 aliphatic carbocycles. The number of hydrogen-bond donors (Lipinski definition) is 0. The Bertz CT molecular complexity index is 1160. The summed E-state index contributed by atoms with van der Waals surface area (Å²) in [6.45, 7) is 4.34. The highest BCUT2D eigenvalue weighted by atomic mass is 16.7. The first-order valence-corrected chi connectivity index (χ1v) is 14.5. The van der Waals surface area contributed by atoms with E-state index in [-0.39, 0.29) is 12.2 Å². The Morgan fingerprint density at radius 2 is 1.12 bits per heavy atom. The third kappa shape index (κ3) is 10.3. The molecule has 1 fully saturated rings. The van der Waals surface area contributed by atoms with Crippen LogP contribution in [-0.4, -0.2) is 43.9 Å². The van der Waals surface area contributed by atoms with Gasteiger partial charge in [0, 0.05) is 18.1 Å². The van der Waals surface area contributed by atoms with Gasteiger partial charge in [-0.15, -0.1) is 0 Å². The molecule has 0 radical (unpaired) electrons. The zero-order chi connectivity index (χ0) is 28.5. The van der Waals surface area contributed by atoms with Gasteiger partial charge in [0.15, 0.2) is 6.29 Å². The molecule has 0 unspecified atom stereocenters. The Morgan fingerprint density at radius 3 is 1.66 bits per heavy atom. The van der Waals surface area contributed by atoms with Crippen LogP contribution in [0.15, 0.2) is 96.1 Å². The highest BCUT2D eigenvalue weighted by Crippen LogP contribution is 2.31. The van der Waals surface area contributed by atoms with Crippen LogP contribution < -0.4 is 0 Å². The maximum atomic E-state index is 8.44. The monoisotopic (exact) mass is 559 g/mol. The number of hydrogen-bond acceptors (Lipinski definition) is 6. The van der Waals surface area contributed by atoms with E-state index < -0.39 is 18.5 Å². The molecule has 0 aromatic heterocycles. The second-order valence-corrected chi connectivity index (χ2v) is 10.2. The summed E-state index contributed by atoms with van der Waals surface area (Å²) in [6.07, 6.45) is 1.56. The standard InChI is InChI=1S/C33H41N3O5/c1-26-30(38-23-27-15-7-4-8-16-27)31(39-24-28-17-9-5-10-18-28)32(40-25-29-19-11-6-12-20-29)33(41-26)37-22-14-3-2-13-21-35-36-34/h4-12,15-20,26,30-33H,2-3,13-14,21-25H2,1H3/t26-,30+,31+,32-,33-/m0/s1. The van der Waals surface area contributed by atoms with E-state index in [1.165, 1.54) is 0 Å². The molecule has 1 aliphatic heterocycles. The number of unbranched alkanes of at least 4 members (excludes halogenated alkanes) is 3. The lowest BCUT2D eigenvalue weighted by molar-refractivity contribution is -0.320. The van der Waals surface area contributed by atoms with E-state index >= 15 is 0 Å². The Hall–Kier alpha value is -3.23. The van der Waals surface area contributed by atoms with E-state index in [0.29, 0.717) is 33.0 Å². The summed E-state index contributed by atoms with van der Waals surface area (Å²) in [5.41, 5.74) is 11.7. The van der Waals surface area contributed by atoms with Gasteiger partial charge in [0.2, 0.25) is 0 Å². The summed E-state index contributed by atoms with van der Waals surface area (Å²) >= 11 is 0. The van der Waals surface area contributed by atoms with Crippen molar-refractivity contribution >= 4 is 0 Å². The van der Waals surface area contributed by atoms with Crippen LogP contribution in [-0.2, 0) is 43.5 Å². The first-order chi connectivity index (χ1) is 20.2. The maximum absolute atomic E-state index is 8.44. The van der Waals surface area contributed by atoms with E-state index in [2.05, 4.69) is 34.3 Å². The van der Waals surface area contributed by atoms with Crippen LogP contribution in [0.5, 0.6) is 0 Å². The zero-order valence-corrected chi connectivity index (χ0v) is 23.8. The highest BCUT2D eigenvalue weighted by Gasteiger charge is 2.47. The second kappa shape index (κ2) is 17.6. The van der Waals surface area contributed by atoms with Crippen LogP contribution >= 0.6 is 0 Å². The van der Waals surface area contributed by atoms with Gasteiger partial charge in [-0.3, -0.25) is 0 Å². The molecule has 0 amide bonds. The van der Waals surface area contributed by atoms with Crippen LogP contribution in [0, 0.1) is 0 Å². The molecule has 5 atom stereocenters. The lowest BCUT2D eigenvalue weighted by Gasteiger charge is -2.45. The molecule has 8 heteroatoms. The number of benzene rings is 3. The fourth-order valence-electron chi connectivity index (χ4n) is 4.89. The van der Waals surface area contributed by atoms with Gasteiger partial charge in [0.1, 0.15) is 18.3 Å². The summed E-state index contributed by atoms with van der Waals surface area (Å²) in [4.78, 5) is 2.81. The molecule has 0 saturated carbocycles. The first-order valence-electron chi connectivity index (χ1n) is 14.5. The topological polar surface area (TPSA) is 94.9 Å². The van der Waals surface area contributed by atoms with Crippen molar-refractivity contribution in [3.8, 4) is 0 Å². The van der Waals surface area contributed by atoms with Crippen molar-refractivity contribution in [3.05, 3.63) is 118 Å². The van der Waals surface area contributed by atoms with Gasteiger partial charge in [-0.2, -0.15) is 0 Å². The average Bonchev–Trinajstić information content (AvgIpc) is 3.01. The van der Waals surface area contributed by atoms with E-state index in [1.807, 2.05) is 73.7 Å². The van der Waals surface area contributed by atoms with Crippen molar-refractivity contribution in [1.29, 1.82) is 0 Å². The van der Waals surface area contributed by atoms with Crippen LogP contribution in [0.1, 0.15) is 49.3 Å². The Morgan fingerprint density at radius 1 is 0.634 bits per heavy atom. The third-order valence-electron chi connectivity index (χ3n) is 7.08. The number of azide groups is 1. The molecule has 0 bridgehead atoms. The van der Waals surface area contributed by atoms with Crippen molar-refractivity contribution in [3.63, 3.8) is 0 Å². The molecule has 218 valence electrons. The zero-order valence-electron chi connectivity index (χ0n) is 23.8. The molecule has 3 aromatic carbocycles. The van der Waals surface area contributed by atoms with Gasteiger partial charge < -0.3 is 23.7 Å². The van der Waals surface area contributed by atoms with Gasteiger partial charge in [-0.05, 0) is 42.0 Å². The molecule has 4 rings (SSSR count). The van der Waals surface area contributed by atoms with Crippen molar-refractivity contribution in [2.45, 2.75) is 83.1 Å². The molecule has 3 aromatic rings. The molecule has 0 spiro atoms. The Balaban J connectivity index is 1.47. The van der Waals surface area contributed by atoms with E-state index in [0.717, 1.165) is 42.4 Å². The quantitative estimate of drug-likeness (QED) is 0.0744. The molecular formula is C33H41N3O5. The van der Waals surface area contributed by atoms with Gasteiger partial charge >= 0.3 is 0 Å². The van der Waals surface area contributed by atoms with Gasteiger partial charge in [0.05, 0.1) is 25.9 Å². The second-order valence-electron chi connectivity index (χ2n) is 10.2. The normalized spacial score (nSPS) is 22.2.